The molecule has 0 radical (unpaired) electrons. The maximum absolute atomic E-state index is 12.1. The minimum Gasteiger partial charge on any atom is -0.354 e. The molecule has 1 unspecified atom stereocenters. The first kappa shape index (κ1) is 19.4. The van der Waals surface area contributed by atoms with Crippen LogP contribution in [0.15, 0.2) is 18.2 Å². The summed E-state index contributed by atoms with van der Waals surface area (Å²) in [4.78, 5) is 25.6. The second-order valence-electron chi connectivity index (χ2n) is 7.24. The normalized spacial score (nSPS) is 20.1. The van der Waals surface area contributed by atoms with Gasteiger partial charge in [-0.25, -0.2) is 0 Å². The van der Waals surface area contributed by atoms with Gasteiger partial charge in [0.05, 0.1) is 25.7 Å². The SMILES string of the molecule is Cc1ccc(C(=O)NCC(=O)NCCC[NH+]2CCCC[C@H]2C)cc1C. The Balaban J connectivity index is 1.63. The second kappa shape index (κ2) is 9.56. The second-order valence-corrected chi connectivity index (χ2v) is 7.24. The molecule has 0 spiro atoms. The van der Waals surface area contributed by atoms with Gasteiger partial charge in [-0.05, 0) is 63.3 Å². The average Bonchev–Trinajstić information content (AvgIpc) is 2.60. The Morgan fingerprint density at radius 3 is 2.68 bits per heavy atom. The van der Waals surface area contributed by atoms with Crippen molar-refractivity contribution in [3.05, 3.63) is 34.9 Å². The molecule has 2 amide bonds. The molecule has 1 aliphatic rings. The Bertz CT molecular complexity index is 601. The summed E-state index contributed by atoms with van der Waals surface area (Å²) in [5.74, 6) is -0.330. The van der Waals surface area contributed by atoms with Crippen molar-refractivity contribution in [1.82, 2.24) is 10.6 Å². The molecule has 5 nitrogen and oxygen atoms in total. The molecular formula is C20H32N3O2+. The molecule has 0 aliphatic carbocycles. The van der Waals surface area contributed by atoms with Crippen molar-refractivity contribution in [1.29, 1.82) is 0 Å². The highest BCUT2D eigenvalue weighted by Crippen LogP contribution is 2.09. The predicted octanol–water partition coefficient (Wildman–Crippen LogP) is 0.997. The number of quaternary nitrogens is 1. The number of nitrogens with one attached hydrogen (secondary N) is 3. The van der Waals surface area contributed by atoms with Crippen LogP contribution in [0.2, 0.25) is 0 Å². The van der Waals surface area contributed by atoms with Crippen LogP contribution in [-0.2, 0) is 4.79 Å². The van der Waals surface area contributed by atoms with E-state index in [0.29, 0.717) is 12.1 Å². The lowest BCUT2D eigenvalue weighted by atomic mass is 10.0. The highest BCUT2D eigenvalue weighted by molar-refractivity contribution is 5.96. The number of likely N-dealkylation sites (tertiary alicyclic amines) is 1. The van der Waals surface area contributed by atoms with Crippen molar-refractivity contribution in [2.24, 2.45) is 0 Å². The molecule has 25 heavy (non-hydrogen) atoms. The minimum absolute atomic E-state index is 0.0265. The van der Waals surface area contributed by atoms with E-state index in [9.17, 15) is 9.59 Å². The van der Waals surface area contributed by atoms with Crippen molar-refractivity contribution in [2.75, 3.05) is 26.2 Å². The number of rotatable bonds is 7. The molecule has 1 aromatic rings. The summed E-state index contributed by atoms with van der Waals surface area (Å²) >= 11 is 0. The van der Waals surface area contributed by atoms with Gasteiger partial charge < -0.3 is 15.5 Å². The minimum atomic E-state index is -0.204. The van der Waals surface area contributed by atoms with E-state index in [4.69, 9.17) is 0 Å². The molecule has 0 bridgehead atoms. The predicted molar refractivity (Wildman–Crippen MR) is 99.9 cm³/mol. The highest BCUT2D eigenvalue weighted by Gasteiger charge is 2.20. The van der Waals surface area contributed by atoms with Gasteiger partial charge in [-0.2, -0.15) is 0 Å². The first-order valence-corrected chi connectivity index (χ1v) is 9.44. The molecular weight excluding hydrogens is 314 g/mol. The molecule has 1 heterocycles. The Morgan fingerprint density at radius 2 is 1.96 bits per heavy atom. The molecule has 1 aromatic carbocycles. The molecule has 3 N–H and O–H groups in total. The fourth-order valence-electron chi connectivity index (χ4n) is 3.38. The van der Waals surface area contributed by atoms with Crippen molar-refractivity contribution >= 4 is 11.8 Å². The Morgan fingerprint density at radius 1 is 1.16 bits per heavy atom. The van der Waals surface area contributed by atoms with Crippen LogP contribution in [-0.4, -0.2) is 44.0 Å². The summed E-state index contributed by atoms with van der Waals surface area (Å²) in [5.41, 5.74) is 2.82. The zero-order chi connectivity index (χ0) is 18.2. The number of amides is 2. The van der Waals surface area contributed by atoms with Gasteiger partial charge in [-0.3, -0.25) is 9.59 Å². The number of benzene rings is 1. The molecule has 0 aromatic heterocycles. The summed E-state index contributed by atoms with van der Waals surface area (Å²) in [6, 6.07) is 6.30. The van der Waals surface area contributed by atoms with Gasteiger partial charge in [0, 0.05) is 18.5 Å². The standard InChI is InChI=1S/C20H31N3O2/c1-15-8-9-18(13-16(15)2)20(25)22-14-19(24)21-10-6-12-23-11-5-4-7-17(23)3/h8-9,13,17H,4-7,10-12,14H2,1-3H3,(H,21,24)(H,22,25)/p+1/t17-/m1/s1. The van der Waals surface area contributed by atoms with E-state index in [1.54, 1.807) is 11.0 Å². The number of carbonyl (C=O) groups excluding carboxylic acids is 2. The number of hydrogen-bond acceptors (Lipinski definition) is 2. The summed E-state index contributed by atoms with van der Waals surface area (Å²) in [6.07, 6.45) is 4.96. The van der Waals surface area contributed by atoms with Crippen molar-refractivity contribution in [3.8, 4) is 0 Å². The number of carbonyl (C=O) groups is 2. The molecule has 1 saturated heterocycles. The Hall–Kier alpha value is -1.88. The van der Waals surface area contributed by atoms with Crippen LogP contribution >= 0.6 is 0 Å². The largest absolute Gasteiger partial charge is 0.354 e. The Labute approximate surface area is 151 Å². The van der Waals surface area contributed by atoms with Crippen molar-refractivity contribution in [3.63, 3.8) is 0 Å². The first-order valence-electron chi connectivity index (χ1n) is 9.44. The van der Waals surface area contributed by atoms with Crippen LogP contribution in [0.3, 0.4) is 0 Å². The third kappa shape index (κ3) is 6.16. The lowest BCUT2D eigenvalue weighted by molar-refractivity contribution is -0.928. The Kier molecular flexibility index (Phi) is 7.44. The first-order chi connectivity index (χ1) is 12.0. The highest BCUT2D eigenvalue weighted by atomic mass is 16.2. The van der Waals surface area contributed by atoms with E-state index in [2.05, 4.69) is 17.6 Å². The third-order valence-corrected chi connectivity index (χ3v) is 5.26. The van der Waals surface area contributed by atoms with Crippen LogP contribution in [0, 0.1) is 13.8 Å². The number of hydrogen-bond donors (Lipinski definition) is 3. The molecule has 5 heteroatoms. The summed E-state index contributed by atoms with van der Waals surface area (Å²) in [6.45, 7) is 9.36. The van der Waals surface area contributed by atoms with E-state index in [1.807, 2.05) is 26.0 Å². The smallest absolute Gasteiger partial charge is 0.251 e. The topological polar surface area (TPSA) is 62.6 Å². The average molecular weight is 346 g/mol. The van der Waals surface area contributed by atoms with Gasteiger partial charge in [0.15, 0.2) is 0 Å². The third-order valence-electron chi connectivity index (χ3n) is 5.26. The zero-order valence-corrected chi connectivity index (χ0v) is 15.8. The summed E-state index contributed by atoms with van der Waals surface area (Å²) in [5, 5.41) is 5.58. The lowest BCUT2D eigenvalue weighted by Crippen LogP contribution is -3.16. The van der Waals surface area contributed by atoms with Gasteiger partial charge in [0.25, 0.3) is 5.91 Å². The van der Waals surface area contributed by atoms with Gasteiger partial charge in [-0.15, -0.1) is 0 Å². The van der Waals surface area contributed by atoms with Gasteiger partial charge in [0.2, 0.25) is 5.91 Å². The van der Waals surface area contributed by atoms with Crippen LogP contribution in [0.5, 0.6) is 0 Å². The van der Waals surface area contributed by atoms with E-state index in [0.717, 1.165) is 30.1 Å². The molecule has 2 rings (SSSR count). The summed E-state index contributed by atoms with van der Waals surface area (Å²) < 4.78 is 0. The van der Waals surface area contributed by atoms with Gasteiger partial charge in [-0.1, -0.05) is 6.07 Å². The van der Waals surface area contributed by atoms with Crippen LogP contribution in [0.4, 0.5) is 0 Å². The number of aryl methyl sites for hydroxylation is 2. The fraction of sp³-hybridized carbons (Fsp3) is 0.600. The molecule has 1 aliphatic heterocycles. The monoisotopic (exact) mass is 346 g/mol. The van der Waals surface area contributed by atoms with Crippen LogP contribution < -0.4 is 15.5 Å². The lowest BCUT2D eigenvalue weighted by Gasteiger charge is -2.30. The molecule has 138 valence electrons. The van der Waals surface area contributed by atoms with Crippen molar-refractivity contribution < 1.29 is 14.5 Å². The van der Waals surface area contributed by atoms with Crippen molar-refractivity contribution in [2.45, 2.75) is 52.5 Å². The fourth-order valence-corrected chi connectivity index (χ4v) is 3.38. The molecule has 1 fully saturated rings. The van der Waals surface area contributed by atoms with Crippen LogP contribution in [0.1, 0.15) is 54.1 Å². The summed E-state index contributed by atoms with van der Waals surface area (Å²) in [7, 11) is 0. The van der Waals surface area contributed by atoms with Crippen LogP contribution in [0.25, 0.3) is 0 Å². The molecule has 0 saturated carbocycles. The van der Waals surface area contributed by atoms with E-state index >= 15 is 0 Å². The quantitative estimate of drug-likeness (QED) is 0.645. The van der Waals surface area contributed by atoms with E-state index in [1.165, 1.54) is 25.8 Å². The maximum Gasteiger partial charge on any atom is 0.251 e. The zero-order valence-electron chi connectivity index (χ0n) is 15.8. The molecule has 2 atom stereocenters. The maximum atomic E-state index is 12.1. The van der Waals surface area contributed by atoms with E-state index in [-0.39, 0.29) is 18.4 Å². The number of piperidine rings is 1. The van der Waals surface area contributed by atoms with Gasteiger partial charge >= 0.3 is 0 Å². The van der Waals surface area contributed by atoms with Gasteiger partial charge in [0.1, 0.15) is 0 Å². The van der Waals surface area contributed by atoms with E-state index < -0.39 is 0 Å².